The van der Waals surface area contributed by atoms with Gasteiger partial charge in [-0.1, -0.05) is 63.6 Å². The lowest BCUT2D eigenvalue weighted by Gasteiger charge is -2.46. The lowest BCUT2D eigenvalue weighted by atomic mass is 9.91. The fourth-order valence-corrected chi connectivity index (χ4v) is 7.96. The Bertz CT molecular complexity index is 1130. The van der Waals surface area contributed by atoms with Crippen molar-refractivity contribution < 1.29 is 14.1 Å². The maximum absolute atomic E-state index is 13.2. The summed E-state index contributed by atoms with van der Waals surface area (Å²) in [5, 5.41) is 0. The predicted octanol–water partition coefficient (Wildman–Crippen LogP) is 8.90. The first-order chi connectivity index (χ1) is 20.7. The van der Waals surface area contributed by atoms with Crippen molar-refractivity contribution in [3.05, 3.63) is 69.8 Å². The van der Waals surface area contributed by atoms with E-state index < -0.39 is 0 Å². The van der Waals surface area contributed by atoms with Crippen LogP contribution in [0.25, 0.3) is 0 Å². The van der Waals surface area contributed by atoms with Gasteiger partial charge in [0.15, 0.2) is 11.6 Å². The van der Waals surface area contributed by atoms with Crippen LogP contribution in [0.4, 0.5) is 0 Å². The second-order valence-electron chi connectivity index (χ2n) is 13.4. The number of carbonyl (C=O) groups is 2. The highest BCUT2D eigenvalue weighted by Crippen LogP contribution is 2.28. The van der Waals surface area contributed by atoms with Gasteiger partial charge in [-0.05, 0) is 119 Å². The number of quaternary nitrogens is 1. The third kappa shape index (κ3) is 10.2. The van der Waals surface area contributed by atoms with Gasteiger partial charge in [-0.25, -0.2) is 0 Å². The van der Waals surface area contributed by atoms with E-state index in [0.29, 0.717) is 24.4 Å². The molecule has 2 unspecified atom stereocenters. The molecule has 2 aliphatic rings. The Morgan fingerprint density at radius 1 is 0.682 bits per heavy atom. The van der Waals surface area contributed by atoms with Crippen LogP contribution in [0, 0.1) is 27.7 Å². The molecule has 44 heavy (non-hydrogen) atoms. The summed E-state index contributed by atoms with van der Waals surface area (Å²) < 4.78 is 1.05. The van der Waals surface area contributed by atoms with E-state index >= 15 is 0 Å². The minimum absolute atomic E-state index is 0. The molecule has 2 aliphatic heterocycles. The number of nitrogens with zero attached hydrogens (tertiary/aromatic N) is 2. The molecule has 0 aliphatic carbocycles. The topological polar surface area (TPSA) is 37.4 Å². The molecule has 4 rings (SSSR count). The maximum Gasteiger partial charge on any atom is 0.194 e. The van der Waals surface area contributed by atoms with E-state index in [2.05, 4.69) is 89.8 Å². The van der Waals surface area contributed by atoms with Crippen LogP contribution in [0.2, 0.25) is 0 Å². The van der Waals surface area contributed by atoms with Crippen LogP contribution in [0.1, 0.15) is 112 Å². The van der Waals surface area contributed by atoms with E-state index in [9.17, 15) is 9.59 Å². The number of ketones is 2. The Hall–Kier alpha value is -1.57. The van der Waals surface area contributed by atoms with Crippen LogP contribution < -0.4 is 0 Å². The summed E-state index contributed by atoms with van der Waals surface area (Å²) in [5.41, 5.74) is 7.48. The van der Waals surface area contributed by atoms with Gasteiger partial charge in [-0.2, -0.15) is 0 Å². The SMILES string of the molecule is CCC(C(=O)Cc1c(C)cccc1C)N1CCCCC1.CCC[N+]1(C(CC)C(=O)Cc2c(C)cccc2C)CCCCC1.I. The van der Waals surface area contributed by atoms with Gasteiger partial charge in [0.2, 0.25) is 0 Å². The highest BCUT2D eigenvalue weighted by Gasteiger charge is 2.40. The van der Waals surface area contributed by atoms with E-state index in [0.717, 1.165) is 37.0 Å². The van der Waals surface area contributed by atoms with E-state index in [-0.39, 0.29) is 36.1 Å². The third-order valence-corrected chi connectivity index (χ3v) is 10.4. The summed E-state index contributed by atoms with van der Waals surface area (Å²) in [7, 11) is 0. The summed E-state index contributed by atoms with van der Waals surface area (Å²) in [5.74, 6) is 0.854. The average Bonchev–Trinajstić information content (AvgIpc) is 2.99. The Balaban J connectivity index is 0.000000303. The fraction of sp³-hybridized carbons (Fsp3) is 0.641. The normalized spacial score (nSPS) is 17.9. The summed E-state index contributed by atoms with van der Waals surface area (Å²) in [6.45, 7) is 20.8. The molecule has 4 nitrogen and oxygen atoms in total. The van der Waals surface area contributed by atoms with E-state index in [1.807, 2.05) is 0 Å². The van der Waals surface area contributed by atoms with Gasteiger partial charge in [0.25, 0.3) is 0 Å². The average molecular weight is 718 g/mol. The zero-order chi connectivity index (χ0) is 31.4. The molecule has 0 radical (unpaired) electrons. The van der Waals surface area contributed by atoms with Crippen molar-refractivity contribution in [3.63, 3.8) is 0 Å². The minimum atomic E-state index is 0. The number of halogens is 1. The van der Waals surface area contributed by atoms with Crippen molar-refractivity contribution in [1.29, 1.82) is 0 Å². The third-order valence-electron chi connectivity index (χ3n) is 10.4. The summed E-state index contributed by atoms with van der Waals surface area (Å²) in [6.07, 6.45) is 12.0. The van der Waals surface area contributed by atoms with Crippen LogP contribution in [-0.4, -0.2) is 65.8 Å². The number of Topliss-reactive ketones (excluding diaryl/α,β-unsaturated/α-hetero) is 2. The molecule has 2 heterocycles. The molecule has 2 saturated heterocycles. The molecule has 2 aromatic rings. The first kappa shape index (κ1) is 38.6. The predicted molar refractivity (Wildman–Crippen MR) is 197 cm³/mol. The van der Waals surface area contributed by atoms with Crippen LogP contribution in [0.15, 0.2) is 36.4 Å². The molecule has 0 amide bonds. The zero-order valence-corrected chi connectivity index (χ0v) is 31.4. The number of rotatable bonds is 12. The van der Waals surface area contributed by atoms with Gasteiger partial charge in [-0.3, -0.25) is 14.5 Å². The molecule has 0 spiro atoms. The van der Waals surface area contributed by atoms with Gasteiger partial charge in [0.1, 0.15) is 6.04 Å². The van der Waals surface area contributed by atoms with E-state index in [1.165, 1.54) is 91.4 Å². The van der Waals surface area contributed by atoms with Gasteiger partial charge in [-0.15, -0.1) is 24.0 Å². The minimum Gasteiger partial charge on any atom is -0.315 e. The standard InChI is InChI=1S/C21H34NO.C18H27NO.HI/c1-5-13-22(14-8-7-9-15-22)20(6-2)21(23)16-19-17(3)11-10-12-18(19)4;1-4-17(19-11-6-5-7-12-19)18(20)13-16-14(2)9-8-10-15(16)3;/h10-12,20H,5-9,13-16H2,1-4H3;8-10,17H,4-7,11-13H2,1-3H3;1H/q+1;;. The molecule has 246 valence electrons. The fourth-order valence-electron chi connectivity index (χ4n) is 7.96. The maximum atomic E-state index is 13.2. The molecule has 0 aromatic heterocycles. The van der Waals surface area contributed by atoms with Gasteiger partial charge in [0.05, 0.1) is 25.7 Å². The Labute approximate surface area is 287 Å². The Kier molecular flexibility index (Phi) is 16.8. The number of benzene rings is 2. The van der Waals surface area contributed by atoms with Crippen molar-refractivity contribution in [2.75, 3.05) is 32.7 Å². The smallest absolute Gasteiger partial charge is 0.194 e. The second-order valence-corrected chi connectivity index (χ2v) is 13.4. The lowest BCUT2D eigenvalue weighted by Crippen LogP contribution is -2.61. The Morgan fingerprint density at radius 2 is 1.14 bits per heavy atom. The lowest BCUT2D eigenvalue weighted by molar-refractivity contribution is -0.947. The number of likely N-dealkylation sites (tertiary alicyclic amines) is 2. The molecule has 2 aromatic carbocycles. The number of piperidine rings is 2. The summed E-state index contributed by atoms with van der Waals surface area (Å²) in [4.78, 5) is 28.3. The molecule has 2 atom stereocenters. The molecule has 0 N–H and O–H groups in total. The zero-order valence-electron chi connectivity index (χ0n) is 29.1. The van der Waals surface area contributed by atoms with Gasteiger partial charge < -0.3 is 4.48 Å². The van der Waals surface area contributed by atoms with Crippen molar-refractivity contribution >= 4 is 35.5 Å². The monoisotopic (exact) mass is 717 g/mol. The summed E-state index contributed by atoms with van der Waals surface area (Å²) in [6, 6.07) is 13.0. The van der Waals surface area contributed by atoms with Gasteiger partial charge >= 0.3 is 0 Å². The van der Waals surface area contributed by atoms with E-state index in [1.54, 1.807) is 0 Å². The van der Waals surface area contributed by atoms with Crippen molar-refractivity contribution in [1.82, 2.24) is 4.90 Å². The van der Waals surface area contributed by atoms with E-state index in [4.69, 9.17) is 0 Å². The van der Waals surface area contributed by atoms with Crippen LogP contribution in [0.3, 0.4) is 0 Å². The van der Waals surface area contributed by atoms with Crippen LogP contribution in [-0.2, 0) is 22.4 Å². The number of aryl methyl sites for hydroxylation is 4. The highest BCUT2D eigenvalue weighted by atomic mass is 127. The first-order valence-corrected chi connectivity index (χ1v) is 17.4. The molecular formula is C39H62IN2O2+. The quantitative estimate of drug-likeness (QED) is 0.163. The van der Waals surface area contributed by atoms with Crippen molar-refractivity contribution in [3.8, 4) is 0 Å². The first-order valence-electron chi connectivity index (χ1n) is 17.4. The number of carbonyl (C=O) groups excluding carboxylic acids is 2. The molecule has 2 fully saturated rings. The molecule has 5 heteroatoms. The van der Waals surface area contributed by atoms with Crippen LogP contribution >= 0.6 is 24.0 Å². The number of hydrogen-bond donors (Lipinski definition) is 0. The van der Waals surface area contributed by atoms with Crippen molar-refractivity contribution in [2.45, 2.75) is 131 Å². The Morgan fingerprint density at radius 3 is 1.57 bits per heavy atom. The summed E-state index contributed by atoms with van der Waals surface area (Å²) >= 11 is 0. The highest BCUT2D eigenvalue weighted by molar-refractivity contribution is 14.0. The number of hydrogen-bond acceptors (Lipinski definition) is 3. The largest absolute Gasteiger partial charge is 0.315 e. The molecular weight excluding hydrogens is 655 g/mol. The van der Waals surface area contributed by atoms with Crippen LogP contribution in [0.5, 0.6) is 0 Å². The molecule has 0 bridgehead atoms. The van der Waals surface area contributed by atoms with Gasteiger partial charge in [0, 0.05) is 19.3 Å². The molecule has 0 saturated carbocycles. The van der Waals surface area contributed by atoms with Crippen molar-refractivity contribution in [2.24, 2.45) is 0 Å². The second kappa shape index (κ2) is 19.2.